The molecule has 0 saturated carbocycles. The van der Waals surface area contributed by atoms with E-state index in [-0.39, 0.29) is 18.1 Å². The molecule has 432 valence electrons. The first kappa shape index (κ1) is 71.0. The maximum Gasteiger partial charge on any atom is 0.336 e. The van der Waals surface area contributed by atoms with Gasteiger partial charge >= 0.3 is 17.9 Å². The molecule has 0 fully saturated rings. The van der Waals surface area contributed by atoms with Gasteiger partial charge in [0.05, 0.1) is 6.61 Å². The third kappa shape index (κ3) is 50.5. The summed E-state index contributed by atoms with van der Waals surface area (Å²) in [6.45, 7) is 6.84. The van der Waals surface area contributed by atoms with E-state index in [2.05, 4.69) is 57.2 Å². The van der Waals surface area contributed by atoms with E-state index in [1.165, 1.54) is 153 Å². The standard InChI is InChI=1S/C74H100O6/c1-4-7-10-13-16-19-22-25-28-31-34-37-40-43-46-49-52-55-58-61-72(75)78-67-66-69-64-65-70(79-73(76)62-59-56-53-50-47-44-41-38-35-32-29-26-23-20-17-14-11-8-5-2)71(68-69)80-74(77)63-60-57-54-51-48-45-42-39-36-33-30-27-24-21-18-15-12-9-6-3/h28-65,68H,4-27,66-67H2,1-3H3/b31-28+,32-29+,33-30+,37-34+,38-35+,39-36+,43-40+,44-41+,45-42+,49-46+,50-47+,51-48+,55-52+,56-53+,57-54+,61-58+,62-59+,63-60+. The van der Waals surface area contributed by atoms with E-state index < -0.39 is 17.9 Å². The Bertz CT molecular complexity index is 2300. The van der Waals surface area contributed by atoms with Crippen molar-refractivity contribution in [1.82, 2.24) is 0 Å². The van der Waals surface area contributed by atoms with Crippen molar-refractivity contribution in [3.8, 4) is 11.5 Å². The maximum absolute atomic E-state index is 13.0. The lowest BCUT2D eigenvalue weighted by molar-refractivity contribution is -0.137. The summed E-state index contributed by atoms with van der Waals surface area (Å²) in [4.78, 5) is 38.2. The zero-order chi connectivity index (χ0) is 57.5. The van der Waals surface area contributed by atoms with Crippen LogP contribution >= 0.6 is 0 Å². The molecule has 0 spiro atoms. The van der Waals surface area contributed by atoms with E-state index >= 15 is 0 Å². The van der Waals surface area contributed by atoms with Crippen LogP contribution in [-0.2, 0) is 25.5 Å². The van der Waals surface area contributed by atoms with E-state index in [4.69, 9.17) is 14.2 Å². The highest BCUT2D eigenvalue weighted by atomic mass is 16.6. The number of allylic oxidation sites excluding steroid dienone is 33. The Morgan fingerprint density at radius 2 is 0.588 bits per heavy atom. The van der Waals surface area contributed by atoms with Gasteiger partial charge in [0, 0.05) is 24.6 Å². The Labute approximate surface area is 486 Å². The fourth-order valence-electron chi connectivity index (χ4n) is 7.60. The van der Waals surface area contributed by atoms with Gasteiger partial charge in [0.2, 0.25) is 0 Å². The molecule has 6 nitrogen and oxygen atoms in total. The minimum Gasteiger partial charge on any atom is -0.462 e. The number of esters is 3. The Balaban J connectivity index is 2.76. The first-order chi connectivity index (χ1) is 39.5. The summed E-state index contributed by atoms with van der Waals surface area (Å²) < 4.78 is 16.7. The molecule has 0 radical (unpaired) electrons. The second kappa shape index (κ2) is 58.1. The van der Waals surface area contributed by atoms with Gasteiger partial charge in [-0.15, -0.1) is 0 Å². The first-order valence-corrected chi connectivity index (χ1v) is 30.2. The Kier molecular flexibility index (Phi) is 51.5. The number of hydrogen-bond donors (Lipinski definition) is 0. The van der Waals surface area contributed by atoms with Crippen LogP contribution in [0.5, 0.6) is 11.5 Å². The number of unbranched alkanes of at least 4 members (excludes halogenated alkanes) is 21. The molecule has 0 saturated heterocycles. The number of carbonyl (C=O) groups excluding carboxylic acids is 3. The predicted octanol–water partition coefficient (Wildman–Crippen LogP) is 21.0. The third-order valence-electron chi connectivity index (χ3n) is 12.1. The van der Waals surface area contributed by atoms with E-state index in [0.717, 1.165) is 19.3 Å². The minimum atomic E-state index is -0.660. The van der Waals surface area contributed by atoms with Crippen LogP contribution < -0.4 is 9.47 Å². The molecule has 0 aliphatic carbocycles. The van der Waals surface area contributed by atoms with Crippen molar-refractivity contribution in [2.75, 3.05) is 6.61 Å². The van der Waals surface area contributed by atoms with E-state index in [1.807, 2.05) is 115 Å². The van der Waals surface area contributed by atoms with Crippen molar-refractivity contribution >= 4 is 17.9 Å². The van der Waals surface area contributed by atoms with Crippen LogP contribution in [-0.4, -0.2) is 24.5 Å². The molecule has 0 aromatic heterocycles. The summed E-state index contributed by atoms with van der Waals surface area (Å²) in [6, 6.07) is 4.88. The molecular formula is C74H100O6. The number of hydrogen-bond acceptors (Lipinski definition) is 6. The average molecular weight is 1090 g/mol. The molecule has 1 aromatic rings. The quantitative estimate of drug-likeness (QED) is 0.0213. The fraction of sp³-hybridized carbons (Fsp3) is 0.392. The first-order valence-electron chi connectivity index (χ1n) is 30.2. The van der Waals surface area contributed by atoms with Gasteiger partial charge in [-0.3, -0.25) is 0 Å². The van der Waals surface area contributed by atoms with Crippen LogP contribution in [0.25, 0.3) is 0 Å². The highest BCUT2D eigenvalue weighted by Gasteiger charge is 2.13. The van der Waals surface area contributed by atoms with Crippen molar-refractivity contribution in [3.63, 3.8) is 0 Å². The zero-order valence-corrected chi connectivity index (χ0v) is 49.4. The normalized spacial score (nSPS) is 13.2. The lowest BCUT2D eigenvalue weighted by atomic mass is 10.1. The van der Waals surface area contributed by atoms with Crippen molar-refractivity contribution in [2.24, 2.45) is 0 Å². The van der Waals surface area contributed by atoms with E-state index in [9.17, 15) is 14.4 Å². The molecule has 0 aliphatic heterocycles. The highest BCUT2D eigenvalue weighted by molar-refractivity contribution is 5.87. The fourth-order valence-corrected chi connectivity index (χ4v) is 7.60. The second-order valence-electron chi connectivity index (χ2n) is 19.3. The average Bonchev–Trinajstić information content (AvgIpc) is 3.45. The van der Waals surface area contributed by atoms with Gasteiger partial charge < -0.3 is 14.2 Å². The van der Waals surface area contributed by atoms with Gasteiger partial charge in [-0.2, -0.15) is 0 Å². The smallest absolute Gasteiger partial charge is 0.336 e. The summed E-state index contributed by atoms with van der Waals surface area (Å²) >= 11 is 0. The van der Waals surface area contributed by atoms with Crippen LogP contribution in [0.3, 0.4) is 0 Å². The van der Waals surface area contributed by atoms with E-state index in [1.54, 1.807) is 66.8 Å². The number of ether oxygens (including phenoxy) is 3. The van der Waals surface area contributed by atoms with E-state index in [0.29, 0.717) is 12.0 Å². The highest BCUT2D eigenvalue weighted by Crippen LogP contribution is 2.29. The lowest BCUT2D eigenvalue weighted by Gasteiger charge is -2.11. The van der Waals surface area contributed by atoms with Crippen LogP contribution in [0.1, 0.15) is 180 Å². The Morgan fingerprint density at radius 1 is 0.312 bits per heavy atom. The molecule has 0 unspecified atom stereocenters. The zero-order valence-electron chi connectivity index (χ0n) is 49.4. The largest absolute Gasteiger partial charge is 0.462 e. The monoisotopic (exact) mass is 1080 g/mol. The molecule has 0 aliphatic rings. The molecular weight excluding hydrogens is 985 g/mol. The summed E-state index contributed by atoms with van der Waals surface area (Å²) in [6.07, 6.45) is 98.8. The molecule has 0 amide bonds. The lowest BCUT2D eigenvalue weighted by Crippen LogP contribution is -2.10. The molecule has 0 atom stereocenters. The Hall–Kier alpha value is -7.05. The molecule has 0 heterocycles. The molecule has 1 aromatic carbocycles. The number of carbonyl (C=O) groups is 3. The van der Waals surface area contributed by atoms with Crippen molar-refractivity contribution < 1.29 is 28.6 Å². The number of rotatable bonds is 47. The van der Waals surface area contributed by atoms with Crippen molar-refractivity contribution in [2.45, 2.75) is 181 Å². The van der Waals surface area contributed by atoms with Crippen LogP contribution in [0.4, 0.5) is 0 Å². The molecule has 80 heavy (non-hydrogen) atoms. The molecule has 1 rings (SSSR count). The summed E-state index contributed by atoms with van der Waals surface area (Å²) in [5.41, 5.74) is 0.707. The van der Waals surface area contributed by atoms with Crippen molar-refractivity contribution in [3.05, 3.63) is 242 Å². The van der Waals surface area contributed by atoms with Crippen molar-refractivity contribution in [1.29, 1.82) is 0 Å². The van der Waals surface area contributed by atoms with Gasteiger partial charge in [0.15, 0.2) is 11.5 Å². The summed E-state index contributed by atoms with van der Waals surface area (Å²) in [5.74, 6) is -1.68. The molecule has 6 heteroatoms. The van der Waals surface area contributed by atoms with Gasteiger partial charge in [-0.05, 0) is 56.2 Å². The minimum absolute atomic E-state index is 0.0535. The predicted molar refractivity (Wildman–Crippen MR) is 345 cm³/mol. The molecule has 0 N–H and O–H groups in total. The second-order valence-corrected chi connectivity index (χ2v) is 19.3. The van der Waals surface area contributed by atoms with Gasteiger partial charge in [-0.1, -0.05) is 343 Å². The maximum atomic E-state index is 13.0. The summed E-state index contributed by atoms with van der Waals surface area (Å²) in [5, 5.41) is 0. The Morgan fingerprint density at radius 3 is 0.925 bits per heavy atom. The van der Waals surface area contributed by atoms with Gasteiger partial charge in [0.25, 0.3) is 0 Å². The molecule has 0 bridgehead atoms. The van der Waals surface area contributed by atoms with Gasteiger partial charge in [-0.25, -0.2) is 14.4 Å². The van der Waals surface area contributed by atoms with Crippen LogP contribution in [0, 0.1) is 0 Å². The third-order valence-corrected chi connectivity index (χ3v) is 12.1. The van der Waals surface area contributed by atoms with Crippen LogP contribution in [0.2, 0.25) is 0 Å². The summed E-state index contributed by atoms with van der Waals surface area (Å²) in [7, 11) is 0. The van der Waals surface area contributed by atoms with Crippen LogP contribution in [0.15, 0.2) is 237 Å². The SMILES string of the molecule is CCCCCCCCC/C=C/C=C/C=C/C=C/C=C/C=C/C(=O)OCCc1ccc(OC(=O)/C=C/C=C/C=C/C=C/C=C/C=C/CCCCCCCCC)c(OC(=O)/C=C/C=C/C=C/C=C/C=C/C=C/CCCCCCCCC)c1. The number of benzene rings is 1. The topological polar surface area (TPSA) is 78.9 Å². The van der Waals surface area contributed by atoms with Gasteiger partial charge in [0.1, 0.15) is 0 Å².